The lowest BCUT2D eigenvalue weighted by atomic mass is 10.2. The summed E-state index contributed by atoms with van der Waals surface area (Å²) in [5.74, 6) is -0.262. The van der Waals surface area contributed by atoms with Crippen LogP contribution in [0.4, 0.5) is 0 Å². The third-order valence-electron chi connectivity index (χ3n) is 2.60. The first-order chi connectivity index (χ1) is 7.18. The van der Waals surface area contributed by atoms with Crippen LogP contribution >= 0.6 is 0 Å². The molecule has 1 unspecified atom stereocenters. The van der Waals surface area contributed by atoms with Crippen molar-refractivity contribution in [3.05, 3.63) is 24.0 Å². The molecule has 1 aliphatic rings. The van der Waals surface area contributed by atoms with Crippen molar-refractivity contribution in [3.8, 4) is 0 Å². The van der Waals surface area contributed by atoms with Gasteiger partial charge < -0.3 is 10.3 Å². The molecular weight excluding hydrogens is 194 g/mol. The molecule has 0 aromatic carbocycles. The molecule has 2 heterocycles. The van der Waals surface area contributed by atoms with Gasteiger partial charge >= 0.3 is 0 Å². The molecule has 1 fully saturated rings. The average Bonchev–Trinajstić information content (AvgIpc) is 2.80. The maximum absolute atomic E-state index is 11.5. The fraction of sp³-hybridized carbons (Fsp3) is 0.400. The summed E-state index contributed by atoms with van der Waals surface area (Å²) in [6.07, 6.45) is 3.95. The molecule has 80 valence electrons. The molecule has 1 atom stereocenters. The third-order valence-corrected chi connectivity index (χ3v) is 2.60. The Labute approximate surface area is 87.5 Å². The number of amides is 2. The highest BCUT2D eigenvalue weighted by molar-refractivity contribution is 6.05. The topological polar surface area (TPSA) is 65.2 Å². The molecule has 5 heteroatoms. The van der Waals surface area contributed by atoms with Crippen LogP contribution in [-0.2, 0) is 16.1 Å². The lowest BCUT2D eigenvalue weighted by molar-refractivity contribution is -0.137. The number of likely N-dealkylation sites (tertiary alicyclic amines) is 1. The number of nitrogens with one attached hydrogen (secondary N) is 2. The molecule has 2 rings (SSSR count). The van der Waals surface area contributed by atoms with Crippen molar-refractivity contribution < 1.29 is 9.59 Å². The van der Waals surface area contributed by atoms with Gasteiger partial charge in [-0.3, -0.25) is 14.5 Å². The zero-order valence-corrected chi connectivity index (χ0v) is 8.49. The molecular formula is C10H13N3O2. The van der Waals surface area contributed by atoms with Gasteiger partial charge in [-0.05, 0) is 11.6 Å². The van der Waals surface area contributed by atoms with E-state index in [0.29, 0.717) is 6.54 Å². The minimum Gasteiger partial charge on any atom is -0.367 e. The predicted molar refractivity (Wildman–Crippen MR) is 53.8 cm³/mol. The molecule has 1 saturated heterocycles. The maximum atomic E-state index is 11.5. The van der Waals surface area contributed by atoms with Crippen LogP contribution in [0.25, 0.3) is 0 Å². The van der Waals surface area contributed by atoms with Gasteiger partial charge in [-0.2, -0.15) is 0 Å². The third kappa shape index (κ3) is 1.92. The van der Waals surface area contributed by atoms with E-state index in [9.17, 15) is 9.59 Å². The molecule has 1 aliphatic heterocycles. The minimum absolute atomic E-state index is 0.119. The average molecular weight is 207 g/mol. The van der Waals surface area contributed by atoms with Crippen molar-refractivity contribution in [1.82, 2.24) is 15.2 Å². The van der Waals surface area contributed by atoms with Crippen LogP contribution in [0.5, 0.6) is 0 Å². The lowest BCUT2D eigenvalue weighted by Gasteiger charge is -2.09. The van der Waals surface area contributed by atoms with Gasteiger partial charge in [-0.25, -0.2) is 0 Å². The molecule has 1 aromatic rings. The van der Waals surface area contributed by atoms with E-state index in [2.05, 4.69) is 10.3 Å². The van der Waals surface area contributed by atoms with E-state index in [1.54, 1.807) is 0 Å². The molecule has 1 aromatic heterocycles. The van der Waals surface area contributed by atoms with Gasteiger partial charge in [0.15, 0.2) is 0 Å². The van der Waals surface area contributed by atoms with Crippen LogP contribution < -0.4 is 5.32 Å². The summed E-state index contributed by atoms with van der Waals surface area (Å²) >= 11 is 0. The van der Waals surface area contributed by atoms with Gasteiger partial charge in [0.2, 0.25) is 11.8 Å². The molecule has 15 heavy (non-hydrogen) atoms. The minimum atomic E-state index is -0.364. The number of likely N-dealkylation sites (N-methyl/N-ethyl adjacent to an activating group) is 1. The highest BCUT2D eigenvalue weighted by atomic mass is 16.2. The predicted octanol–water partition coefficient (Wildman–Crippen LogP) is -0.138. The number of hydrogen-bond acceptors (Lipinski definition) is 3. The Balaban J connectivity index is 1.91. The molecule has 2 amide bonds. The summed E-state index contributed by atoms with van der Waals surface area (Å²) in [4.78, 5) is 26.8. The number of carbonyl (C=O) groups excluding carboxylic acids is 2. The highest BCUT2D eigenvalue weighted by Crippen LogP contribution is 2.11. The molecule has 0 spiro atoms. The second-order valence-electron chi connectivity index (χ2n) is 3.65. The van der Waals surface area contributed by atoms with E-state index in [-0.39, 0.29) is 24.3 Å². The zero-order chi connectivity index (χ0) is 10.8. The van der Waals surface area contributed by atoms with Crippen LogP contribution in [0.1, 0.15) is 12.0 Å². The van der Waals surface area contributed by atoms with Crippen LogP contribution in [0.15, 0.2) is 18.5 Å². The first-order valence-electron chi connectivity index (χ1n) is 4.84. The fourth-order valence-corrected chi connectivity index (χ4v) is 1.62. The summed E-state index contributed by atoms with van der Waals surface area (Å²) in [7, 11) is 1.52. The van der Waals surface area contributed by atoms with Crippen molar-refractivity contribution in [2.24, 2.45) is 0 Å². The van der Waals surface area contributed by atoms with Crippen molar-refractivity contribution in [1.29, 1.82) is 0 Å². The molecule has 0 bridgehead atoms. The number of H-pyrrole nitrogens is 1. The Morgan fingerprint density at radius 3 is 2.93 bits per heavy atom. The second-order valence-corrected chi connectivity index (χ2v) is 3.65. The quantitative estimate of drug-likeness (QED) is 0.678. The summed E-state index contributed by atoms with van der Waals surface area (Å²) in [6.45, 7) is 0.598. The van der Waals surface area contributed by atoms with E-state index in [1.807, 2.05) is 18.5 Å². The molecule has 0 aliphatic carbocycles. The Morgan fingerprint density at radius 2 is 2.40 bits per heavy atom. The van der Waals surface area contributed by atoms with Gasteiger partial charge in [0.05, 0.1) is 12.5 Å². The van der Waals surface area contributed by atoms with Crippen molar-refractivity contribution in [3.63, 3.8) is 0 Å². The van der Waals surface area contributed by atoms with Crippen LogP contribution in [0.2, 0.25) is 0 Å². The van der Waals surface area contributed by atoms with E-state index >= 15 is 0 Å². The standard InChI is InChI=1S/C10H13N3O2/c1-13-9(14)4-8(10(13)15)12-6-7-2-3-11-5-7/h2-3,5,8,11-12H,4,6H2,1H3. The molecule has 2 N–H and O–H groups in total. The molecule has 0 radical (unpaired) electrons. The number of nitrogens with zero attached hydrogens (tertiary/aromatic N) is 1. The van der Waals surface area contributed by atoms with Crippen molar-refractivity contribution in [2.45, 2.75) is 19.0 Å². The molecule has 5 nitrogen and oxygen atoms in total. The number of aromatic amines is 1. The lowest BCUT2D eigenvalue weighted by Crippen LogP contribution is -2.36. The largest absolute Gasteiger partial charge is 0.367 e. The van der Waals surface area contributed by atoms with Gasteiger partial charge in [-0.15, -0.1) is 0 Å². The van der Waals surface area contributed by atoms with Crippen LogP contribution in [0.3, 0.4) is 0 Å². The monoisotopic (exact) mass is 207 g/mol. The van der Waals surface area contributed by atoms with Gasteiger partial charge in [0.25, 0.3) is 0 Å². The first kappa shape index (κ1) is 9.92. The van der Waals surface area contributed by atoms with Gasteiger partial charge in [-0.1, -0.05) is 0 Å². The summed E-state index contributed by atoms with van der Waals surface area (Å²) in [6, 6.07) is 1.57. The number of carbonyl (C=O) groups is 2. The Morgan fingerprint density at radius 1 is 1.60 bits per heavy atom. The van der Waals surface area contributed by atoms with Crippen molar-refractivity contribution >= 4 is 11.8 Å². The highest BCUT2D eigenvalue weighted by Gasteiger charge is 2.35. The number of aromatic nitrogens is 1. The zero-order valence-electron chi connectivity index (χ0n) is 8.49. The summed E-state index contributed by atoms with van der Waals surface area (Å²) in [5, 5.41) is 3.06. The number of rotatable bonds is 3. The summed E-state index contributed by atoms with van der Waals surface area (Å²) in [5.41, 5.74) is 1.07. The summed E-state index contributed by atoms with van der Waals surface area (Å²) < 4.78 is 0. The van der Waals surface area contributed by atoms with Gasteiger partial charge in [0.1, 0.15) is 0 Å². The normalized spacial score (nSPS) is 21.4. The molecule has 0 saturated carbocycles. The smallest absolute Gasteiger partial charge is 0.246 e. The van der Waals surface area contributed by atoms with Gasteiger partial charge in [0, 0.05) is 26.0 Å². The van der Waals surface area contributed by atoms with E-state index in [1.165, 1.54) is 11.9 Å². The second kappa shape index (κ2) is 3.86. The number of imide groups is 1. The van der Waals surface area contributed by atoms with Crippen LogP contribution in [0, 0.1) is 0 Å². The Kier molecular flexibility index (Phi) is 2.55. The Hall–Kier alpha value is -1.62. The van der Waals surface area contributed by atoms with E-state index in [4.69, 9.17) is 0 Å². The van der Waals surface area contributed by atoms with E-state index in [0.717, 1.165) is 5.56 Å². The van der Waals surface area contributed by atoms with Crippen LogP contribution in [-0.4, -0.2) is 34.8 Å². The van der Waals surface area contributed by atoms with Crippen molar-refractivity contribution in [2.75, 3.05) is 7.05 Å². The fourth-order valence-electron chi connectivity index (χ4n) is 1.62. The van der Waals surface area contributed by atoms with E-state index < -0.39 is 0 Å². The Bertz CT molecular complexity index is 372. The SMILES string of the molecule is CN1C(=O)CC(NCc2cc[nH]c2)C1=O. The maximum Gasteiger partial charge on any atom is 0.246 e. The first-order valence-corrected chi connectivity index (χ1v) is 4.84. The number of hydrogen-bond donors (Lipinski definition) is 2.